The van der Waals surface area contributed by atoms with Gasteiger partial charge in [0, 0.05) is 12.2 Å². The predicted octanol–water partition coefficient (Wildman–Crippen LogP) is 3.47. The number of carbonyl (C=O) groups excluding carboxylic acids is 1. The van der Waals surface area contributed by atoms with Crippen molar-refractivity contribution >= 4 is 11.7 Å². The van der Waals surface area contributed by atoms with Crippen LogP contribution in [-0.2, 0) is 6.18 Å². The highest BCUT2D eigenvalue weighted by Crippen LogP contribution is 2.33. The SMILES string of the molecule is CCN(CC(C)(C)O)C(=O)Nc1ccc(F)c(C(F)(F)F)c1. The van der Waals surface area contributed by atoms with Gasteiger partial charge in [0.25, 0.3) is 0 Å². The standard InChI is InChI=1S/C14H18F4N2O2/c1-4-20(8-13(2,3)22)12(21)19-9-5-6-11(15)10(7-9)14(16,17)18/h5-7,22H,4,8H2,1-3H3,(H,19,21). The number of alkyl halides is 3. The molecule has 0 unspecified atom stereocenters. The molecule has 22 heavy (non-hydrogen) atoms. The molecule has 0 aliphatic heterocycles. The first-order valence-corrected chi connectivity index (χ1v) is 6.59. The fraction of sp³-hybridized carbons (Fsp3) is 0.500. The lowest BCUT2D eigenvalue weighted by Crippen LogP contribution is -2.44. The molecule has 1 aromatic rings. The quantitative estimate of drug-likeness (QED) is 0.834. The van der Waals surface area contributed by atoms with Crippen molar-refractivity contribution in [2.75, 3.05) is 18.4 Å². The Morgan fingerprint density at radius 3 is 2.36 bits per heavy atom. The van der Waals surface area contributed by atoms with Crippen LogP contribution >= 0.6 is 0 Å². The molecule has 124 valence electrons. The van der Waals surface area contributed by atoms with Crippen LogP contribution in [0.3, 0.4) is 0 Å². The number of nitrogens with zero attached hydrogens (tertiary/aromatic N) is 1. The van der Waals surface area contributed by atoms with Crippen LogP contribution in [0.5, 0.6) is 0 Å². The van der Waals surface area contributed by atoms with Crippen LogP contribution in [0.2, 0.25) is 0 Å². The Bertz CT molecular complexity index is 539. The number of nitrogens with one attached hydrogen (secondary N) is 1. The molecule has 0 aromatic heterocycles. The number of aliphatic hydroxyl groups is 1. The van der Waals surface area contributed by atoms with Crippen LogP contribution in [0.4, 0.5) is 28.0 Å². The molecule has 8 heteroatoms. The van der Waals surface area contributed by atoms with E-state index >= 15 is 0 Å². The molecule has 0 heterocycles. The van der Waals surface area contributed by atoms with Crippen LogP contribution in [0.1, 0.15) is 26.3 Å². The largest absolute Gasteiger partial charge is 0.419 e. The molecule has 1 rings (SSSR count). The number of amides is 2. The summed E-state index contributed by atoms with van der Waals surface area (Å²) < 4.78 is 51.0. The van der Waals surface area contributed by atoms with Crippen molar-refractivity contribution in [3.8, 4) is 0 Å². The minimum atomic E-state index is -4.84. The van der Waals surface area contributed by atoms with Gasteiger partial charge in [-0.25, -0.2) is 9.18 Å². The monoisotopic (exact) mass is 322 g/mol. The molecule has 0 bridgehead atoms. The van der Waals surface area contributed by atoms with Gasteiger partial charge in [0.2, 0.25) is 0 Å². The molecule has 0 spiro atoms. The second-order valence-corrected chi connectivity index (χ2v) is 5.45. The number of halogens is 4. The minimum Gasteiger partial charge on any atom is -0.389 e. The lowest BCUT2D eigenvalue weighted by atomic mass is 10.1. The van der Waals surface area contributed by atoms with E-state index in [2.05, 4.69) is 5.32 Å². The molecule has 0 saturated carbocycles. The number of hydrogen-bond acceptors (Lipinski definition) is 2. The third-order valence-electron chi connectivity index (χ3n) is 2.77. The maximum atomic E-state index is 13.2. The molecule has 0 atom stereocenters. The molecule has 0 aliphatic carbocycles. The molecule has 0 radical (unpaired) electrons. The number of urea groups is 1. The molecule has 1 aromatic carbocycles. The molecule has 0 fully saturated rings. The zero-order valence-corrected chi connectivity index (χ0v) is 12.5. The third kappa shape index (κ3) is 5.18. The van der Waals surface area contributed by atoms with E-state index in [1.807, 2.05) is 0 Å². The number of rotatable bonds is 4. The first-order chi connectivity index (χ1) is 9.94. The highest BCUT2D eigenvalue weighted by molar-refractivity contribution is 5.89. The average molecular weight is 322 g/mol. The van der Waals surface area contributed by atoms with Crippen molar-refractivity contribution in [2.45, 2.75) is 32.5 Å². The summed E-state index contributed by atoms with van der Waals surface area (Å²) in [5.41, 5.74) is -2.77. The summed E-state index contributed by atoms with van der Waals surface area (Å²) in [5, 5.41) is 12.0. The normalized spacial score (nSPS) is 12.2. The van der Waals surface area contributed by atoms with Crippen LogP contribution in [0.25, 0.3) is 0 Å². The molecule has 2 amide bonds. The fourth-order valence-electron chi connectivity index (χ4n) is 1.82. The van der Waals surface area contributed by atoms with Crippen LogP contribution in [0.15, 0.2) is 18.2 Å². The molecule has 0 saturated heterocycles. The van der Waals surface area contributed by atoms with Crippen molar-refractivity contribution in [3.05, 3.63) is 29.6 Å². The van der Waals surface area contributed by atoms with E-state index in [1.54, 1.807) is 6.92 Å². The van der Waals surface area contributed by atoms with E-state index in [4.69, 9.17) is 0 Å². The summed E-state index contributed by atoms with van der Waals surface area (Å²) >= 11 is 0. The predicted molar refractivity (Wildman–Crippen MR) is 74.0 cm³/mol. The lowest BCUT2D eigenvalue weighted by Gasteiger charge is -2.28. The van der Waals surface area contributed by atoms with Gasteiger partial charge < -0.3 is 15.3 Å². The van der Waals surface area contributed by atoms with Gasteiger partial charge in [-0.2, -0.15) is 13.2 Å². The van der Waals surface area contributed by atoms with Gasteiger partial charge in [0.05, 0.1) is 17.7 Å². The highest BCUT2D eigenvalue weighted by Gasteiger charge is 2.34. The fourth-order valence-corrected chi connectivity index (χ4v) is 1.82. The molecule has 2 N–H and O–H groups in total. The Kier molecular flexibility index (Phi) is 5.39. The summed E-state index contributed by atoms with van der Waals surface area (Å²) in [7, 11) is 0. The Balaban J connectivity index is 2.92. The van der Waals surface area contributed by atoms with Gasteiger partial charge in [0.15, 0.2) is 0 Å². The third-order valence-corrected chi connectivity index (χ3v) is 2.77. The van der Waals surface area contributed by atoms with Crippen LogP contribution in [-0.4, -0.2) is 34.7 Å². The Morgan fingerprint density at radius 2 is 1.91 bits per heavy atom. The van der Waals surface area contributed by atoms with Crippen molar-refractivity contribution in [3.63, 3.8) is 0 Å². The zero-order chi connectivity index (χ0) is 17.1. The molecular formula is C14H18F4N2O2. The summed E-state index contributed by atoms with van der Waals surface area (Å²) in [5.74, 6) is -1.41. The number of anilines is 1. The van der Waals surface area contributed by atoms with E-state index in [9.17, 15) is 27.5 Å². The van der Waals surface area contributed by atoms with Gasteiger partial charge in [-0.05, 0) is 39.0 Å². The molecule has 0 aliphatic rings. The zero-order valence-electron chi connectivity index (χ0n) is 12.5. The number of likely N-dealkylation sites (N-methyl/N-ethyl adjacent to an activating group) is 1. The maximum absolute atomic E-state index is 13.2. The van der Waals surface area contributed by atoms with Crippen molar-refractivity contribution < 1.29 is 27.5 Å². The summed E-state index contributed by atoms with van der Waals surface area (Å²) in [6, 6.07) is 1.54. The number of hydrogen-bond donors (Lipinski definition) is 2. The topological polar surface area (TPSA) is 52.6 Å². The first-order valence-electron chi connectivity index (χ1n) is 6.59. The van der Waals surface area contributed by atoms with E-state index in [0.29, 0.717) is 12.1 Å². The van der Waals surface area contributed by atoms with Gasteiger partial charge in [-0.3, -0.25) is 0 Å². The van der Waals surface area contributed by atoms with Crippen molar-refractivity contribution in [1.29, 1.82) is 0 Å². The van der Waals surface area contributed by atoms with Gasteiger partial charge >= 0.3 is 12.2 Å². The van der Waals surface area contributed by atoms with E-state index in [-0.39, 0.29) is 18.8 Å². The second-order valence-electron chi connectivity index (χ2n) is 5.45. The average Bonchev–Trinajstić information content (AvgIpc) is 2.35. The highest BCUT2D eigenvalue weighted by atomic mass is 19.4. The van der Waals surface area contributed by atoms with E-state index in [1.165, 1.54) is 18.7 Å². The van der Waals surface area contributed by atoms with E-state index in [0.717, 1.165) is 6.07 Å². The minimum absolute atomic E-state index is 0.00263. The molecular weight excluding hydrogens is 304 g/mol. The number of benzene rings is 1. The van der Waals surface area contributed by atoms with Gasteiger partial charge in [-0.1, -0.05) is 0 Å². The maximum Gasteiger partial charge on any atom is 0.419 e. The van der Waals surface area contributed by atoms with Crippen molar-refractivity contribution in [1.82, 2.24) is 4.90 Å². The summed E-state index contributed by atoms with van der Waals surface area (Å²) in [4.78, 5) is 13.2. The van der Waals surface area contributed by atoms with Gasteiger partial charge in [-0.15, -0.1) is 0 Å². The second kappa shape index (κ2) is 6.51. The van der Waals surface area contributed by atoms with Crippen LogP contribution < -0.4 is 5.32 Å². The Labute approximate surface area is 125 Å². The van der Waals surface area contributed by atoms with Crippen LogP contribution in [0, 0.1) is 5.82 Å². The lowest BCUT2D eigenvalue weighted by molar-refractivity contribution is -0.139. The summed E-state index contributed by atoms with van der Waals surface area (Å²) in [6.45, 7) is 4.92. The number of carbonyl (C=O) groups is 1. The van der Waals surface area contributed by atoms with Gasteiger partial charge in [0.1, 0.15) is 5.82 Å². The molecule has 4 nitrogen and oxygen atoms in total. The Hall–Kier alpha value is -1.83. The first kappa shape index (κ1) is 18.2. The summed E-state index contributed by atoms with van der Waals surface area (Å²) in [6.07, 6.45) is -4.84. The Morgan fingerprint density at radius 1 is 1.32 bits per heavy atom. The smallest absolute Gasteiger partial charge is 0.389 e. The van der Waals surface area contributed by atoms with Crippen molar-refractivity contribution in [2.24, 2.45) is 0 Å². The van der Waals surface area contributed by atoms with E-state index < -0.39 is 29.2 Å².